The van der Waals surface area contributed by atoms with E-state index in [1.54, 1.807) is 0 Å². The lowest BCUT2D eigenvalue weighted by atomic mass is 9.86. The van der Waals surface area contributed by atoms with Crippen LogP contribution in [0.5, 0.6) is 0 Å². The SMILES string of the molecule is Cc1ccc(CN2CCC3(CC2)COCCN3C)s1. The zero-order valence-corrected chi connectivity index (χ0v) is 12.8. The summed E-state index contributed by atoms with van der Waals surface area (Å²) < 4.78 is 5.73. The Bertz CT molecular complexity index is 424. The molecule has 4 heteroatoms. The van der Waals surface area contributed by atoms with Crippen molar-refractivity contribution < 1.29 is 4.74 Å². The van der Waals surface area contributed by atoms with Crippen LogP contribution in [0.2, 0.25) is 0 Å². The van der Waals surface area contributed by atoms with Gasteiger partial charge in [-0.25, -0.2) is 0 Å². The normalized spacial score (nSPS) is 24.9. The second-order valence-electron chi connectivity index (χ2n) is 5.99. The number of ether oxygens (including phenoxy) is 1. The molecule has 1 aromatic rings. The number of hydrogen-bond acceptors (Lipinski definition) is 4. The van der Waals surface area contributed by atoms with Crippen LogP contribution in [0.25, 0.3) is 0 Å². The summed E-state index contributed by atoms with van der Waals surface area (Å²) in [5.74, 6) is 0. The van der Waals surface area contributed by atoms with Gasteiger partial charge in [-0.2, -0.15) is 0 Å². The quantitative estimate of drug-likeness (QED) is 0.827. The number of thiophene rings is 1. The largest absolute Gasteiger partial charge is 0.378 e. The van der Waals surface area contributed by atoms with E-state index in [-0.39, 0.29) is 0 Å². The van der Waals surface area contributed by atoms with Gasteiger partial charge in [0.15, 0.2) is 0 Å². The molecule has 3 nitrogen and oxygen atoms in total. The highest BCUT2D eigenvalue weighted by Crippen LogP contribution is 2.31. The Labute approximate surface area is 120 Å². The maximum Gasteiger partial charge on any atom is 0.0651 e. The van der Waals surface area contributed by atoms with E-state index < -0.39 is 0 Å². The minimum Gasteiger partial charge on any atom is -0.378 e. The van der Waals surface area contributed by atoms with Crippen molar-refractivity contribution >= 4 is 11.3 Å². The molecule has 0 bridgehead atoms. The number of likely N-dealkylation sites (tertiary alicyclic amines) is 1. The molecule has 2 fully saturated rings. The molecule has 0 N–H and O–H groups in total. The molecule has 2 aliphatic rings. The third-order valence-corrected chi connectivity index (χ3v) is 5.70. The topological polar surface area (TPSA) is 15.7 Å². The van der Waals surface area contributed by atoms with Gasteiger partial charge >= 0.3 is 0 Å². The van der Waals surface area contributed by atoms with Gasteiger partial charge in [0.05, 0.1) is 13.2 Å². The van der Waals surface area contributed by atoms with Crippen LogP contribution in [0.15, 0.2) is 12.1 Å². The van der Waals surface area contributed by atoms with Crippen molar-refractivity contribution in [3.8, 4) is 0 Å². The first-order valence-electron chi connectivity index (χ1n) is 7.25. The summed E-state index contributed by atoms with van der Waals surface area (Å²) >= 11 is 1.93. The Hall–Kier alpha value is -0.420. The minimum absolute atomic E-state index is 0.320. The zero-order valence-electron chi connectivity index (χ0n) is 12.0. The standard InChI is InChI=1S/C15H24N2OS/c1-13-3-4-14(19-13)11-17-7-5-15(6-8-17)12-18-10-9-16(15)2/h3-4H,5-12H2,1-2H3. The fourth-order valence-electron chi connectivity index (χ4n) is 3.25. The fourth-order valence-corrected chi connectivity index (χ4v) is 4.19. The number of aryl methyl sites for hydroxylation is 1. The molecular formula is C15H24N2OS. The summed E-state index contributed by atoms with van der Waals surface area (Å²) in [5.41, 5.74) is 0.320. The van der Waals surface area contributed by atoms with Crippen molar-refractivity contribution in [2.45, 2.75) is 31.8 Å². The van der Waals surface area contributed by atoms with E-state index in [2.05, 4.69) is 35.9 Å². The summed E-state index contributed by atoms with van der Waals surface area (Å²) in [6.07, 6.45) is 2.49. The van der Waals surface area contributed by atoms with Crippen molar-refractivity contribution in [3.05, 3.63) is 21.9 Å². The van der Waals surface area contributed by atoms with E-state index in [1.807, 2.05) is 11.3 Å². The molecule has 0 amide bonds. The van der Waals surface area contributed by atoms with Crippen molar-refractivity contribution in [2.24, 2.45) is 0 Å². The molecule has 0 radical (unpaired) electrons. The molecule has 0 atom stereocenters. The maximum absolute atomic E-state index is 5.73. The second-order valence-corrected chi connectivity index (χ2v) is 7.36. The highest BCUT2D eigenvalue weighted by molar-refractivity contribution is 7.11. The lowest BCUT2D eigenvalue weighted by Crippen LogP contribution is -2.59. The van der Waals surface area contributed by atoms with Gasteiger partial charge in [-0.3, -0.25) is 9.80 Å². The lowest BCUT2D eigenvalue weighted by molar-refractivity contribution is -0.0835. The van der Waals surface area contributed by atoms with Gasteiger partial charge in [-0.05, 0) is 38.9 Å². The number of hydrogen-bond donors (Lipinski definition) is 0. The van der Waals surface area contributed by atoms with Crippen molar-refractivity contribution in [2.75, 3.05) is 39.9 Å². The van der Waals surface area contributed by atoms with Gasteiger partial charge in [0.25, 0.3) is 0 Å². The Balaban J connectivity index is 1.57. The van der Waals surface area contributed by atoms with Gasteiger partial charge in [-0.15, -0.1) is 11.3 Å². The Morgan fingerprint density at radius 2 is 2.05 bits per heavy atom. The molecule has 2 saturated heterocycles. The number of likely N-dealkylation sites (N-methyl/N-ethyl adjacent to an activating group) is 1. The zero-order chi connectivity index (χ0) is 13.3. The molecule has 3 rings (SSSR count). The van der Waals surface area contributed by atoms with E-state index in [4.69, 9.17) is 4.74 Å². The van der Waals surface area contributed by atoms with Gasteiger partial charge in [0, 0.05) is 41.5 Å². The Morgan fingerprint density at radius 3 is 2.68 bits per heavy atom. The van der Waals surface area contributed by atoms with Gasteiger partial charge < -0.3 is 4.74 Å². The third-order valence-electron chi connectivity index (χ3n) is 4.71. The molecule has 0 aliphatic carbocycles. The van der Waals surface area contributed by atoms with Crippen LogP contribution < -0.4 is 0 Å². The first-order chi connectivity index (χ1) is 9.18. The summed E-state index contributed by atoms with van der Waals surface area (Å²) in [4.78, 5) is 8.05. The van der Waals surface area contributed by atoms with Gasteiger partial charge in [0.1, 0.15) is 0 Å². The third kappa shape index (κ3) is 2.87. The molecule has 3 heterocycles. The average molecular weight is 280 g/mol. The van der Waals surface area contributed by atoms with Crippen LogP contribution in [0.1, 0.15) is 22.6 Å². The molecule has 0 saturated carbocycles. The highest BCUT2D eigenvalue weighted by Gasteiger charge is 2.40. The van der Waals surface area contributed by atoms with E-state index in [9.17, 15) is 0 Å². The van der Waals surface area contributed by atoms with Crippen molar-refractivity contribution in [1.82, 2.24) is 9.80 Å². The van der Waals surface area contributed by atoms with Crippen LogP contribution in [0.3, 0.4) is 0 Å². The summed E-state index contributed by atoms with van der Waals surface area (Å²) in [6, 6.07) is 4.51. The average Bonchev–Trinajstić information content (AvgIpc) is 2.81. The predicted octanol–water partition coefficient (Wildman–Crippen LogP) is 2.35. The van der Waals surface area contributed by atoms with Gasteiger partial charge in [-0.1, -0.05) is 0 Å². The number of rotatable bonds is 2. The molecule has 0 aromatic carbocycles. The van der Waals surface area contributed by atoms with Crippen molar-refractivity contribution in [1.29, 1.82) is 0 Å². The molecule has 1 aromatic heterocycles. The Kier molecular flexibility index (Phi) is 3.94. The van der Waals surface area contributed by atoms with Crippen LogP contribution in [0, 0.1) is 6.92 Å². The number of nitrogens with zero attached hydrogens (tertiary/aromatic N) is 2. The minimum atomic E-state index is 0.320. The molecular weight excluding hydrogens is 256 g/mol. The van der Waals surface area contributed by atoms with Gasteiger partial charge in [0.2, 0.25) is 0 Å². The van der Waals surface area contributed by atoms with Crippen LogP contribution in [-0.2, 0) is 11.3 Å². The maximum atomic E-state index is 5.73. The van der Waals surface area contributed by atoms with E-state index in [0.717, 1.165) is 26.3 Å². The second kappa shape index (κ2) is 5.52. The van der Waals surface area contributed by atoms with Crippen molar-refractivity contribution in [3.63, 3.8) is 0 Å². The lowest BCUT2D eigenvalue weighted by Gasteiger charge is -2.49. The van der Waals surface area contributed by atoms with E-state index >= 15 is 0 Å². The summed E-state index contributed by atoms with van der Waals surface area (Å²) in [5, 5.41) is 0. The Morgan fingerprint density at radius 1 is 1.26 bits per heavy atom. The summed E-state index contributed by atoms with van der Waals surface area (Å²) in [7, 11) is 2.26. The smallest absolute Gasteiger partial charge is 0.0651 e. The predicted molar refractivity (Wildman–Crippen MR) is 79.7 cm³/mol. The molecule has 0 unspecified atom stereocenters. The van der Waals surface area contributed by atoms with E-state index in [0.29, 0.717) is 5.54 Å². The molecule has 2 aliphatic heterocycles. The first kappa shape index (κ1) is 13.6. The molecule has 19 heavy (non-hydrogen) atoms. The van der Waals surface area contributed by atoms with Crippen LogP contribution in [0.4, 0.5) is 0 Å². The highest BCUT2D eigenvalue weighted by atomic mass is 32.1. The number of piperidine rings is 1. The fraction of sp³-hybridized carbons (Fsp3) is 0.733. The molecule has 106 valence electrons. The number of morpholine rings is 1. The monoisotopic (exact) mass is 280 g/mol. The van der Waals surface area contributed by atoms with Crippen LogP contribution >= 0.6 is 11.3 Å². The van der Waals surface area contributed by atoms with E-state index in [1.165, 1.54) is 35.7 Å². The molecule has 1 spiro atoms. The first-order valence-corrected chi connectivity index (χ1v) is 8.06. The van der Waals surface area contributed by atoms with Crippen LogP contribution in [-0.4, -0.2) is 55.2 Å². The summed E-state index contributed by atoms with van der Waals surface area (Å²) in [6.45, 7) is 8.62.